The second kappa shape index (κ2) is 8.26. The van der Waals surface area contributed by atoms with Crippen LogP contribution in [0.3, 0.4) is 0 Å². The van der Waals surface area contributed by atoms with Gasteiger partial charge in [-0.1, -0.05) is 12.1 Å². The lowest BCUT2D eigenvalue weighted by atomic mass is 9.86. The van der Waals surface area contributed by atoms with Gasteiger partial charge in [0.05, 0.1) is 16.8 Å². The molecular formula is C21H13F6N5O. The van der Waals surface area contributed by atoms with E-state index in [1.165, 1.54) is 22.8 Å². The van der Waals surface area contributed by atoms with Crippen molar-refractivity contribution in [1.82, 2.24) is 25.0 Å². The first-order valence-corrected chi connectivity index (χ1v) is 9.44. The number of pyridine rings is 2. The summed E-state index contributed by atoms with van der Waals surface area (Å²) in [7, 11) is 0. The second-order valence-electron chi connectivity index (χ2n) is 7.13. The molecule has 0 fully saturated rings. The smallest absolute Gasteiger partial charge is 0.294 e. The fourth-order valence-corrected chi connectivity index (χ4v) is 3.42. The maximum absolute atomic E-state index is 13.6. The van der Waals surface area contributed by atoms with E-state index in [0.717, 1.165) is 42.6 Å². The minimum atomic E-state index is -4.78. The second-order valence-corrected chi connectivity index (χ2v) is 7.13. The van der Waals surface area contributed by atoms with Gasteiger partial charge in [-0.15, -0.1) is 5.10 Å². The molecular weight excluding hydrogens is 452 g/mol. The number of tetrazole rings is 1. The largest absolute Gasteiger partial charge is 0.418 e. The van der Waals surface area contributed by atoms with E-state index in [1.54, 1.807) is 0 Å². The van der Waals surface area contributed by atoms with Crippen molar-refractivity contribution in [2.24, 2.45) is 0 Å². The van der Waals surface area contributed by atoms with Crippen LogP contribution in [0.15, 0.2) is 60.9 Å². The Kier molecular flexibility index (Phi) is 5.60. The molecule has 0 saturated carbocycles. The Bertz CT molecular complexity index is 1300. The topological polar surface area (TPSA) is 73.0 Å². The normalized spacial score (nSPS) is 13.3. The summed E-state index contributed by atoms with van der Waals surface area (Å²) in [5.74, 6) is -1.81. The molecule has 33 heavy (non-hydrogen) atoms. The lowest BCUT2D eigenvalue weighted by molar-refractivity contribution is -0.139. The Hall–Kier alpha value is -3.83. The number of hydrogen-bond donors (Lipinski definition) is 0. The number of nitrogens with zero attached hydrogens (tertiary/aromatic N) is 5. The highest BCUT2D eigenvalue weighted by molar-refractivity contribution is 5.96. The van der Waals surface area contributed by atoms with Gasteiger partial charge in [-0.25, -0.2) is 0 Å². The van der Waals surface area contributed by atoms with Crippen molar-refractivity contribution >= 4 is 11.4 Å². The lowest BCUT2D eigenvalue weighted by Crippen LogP contribution is -2.17. The van der Waals surface area contributed by atoms with Gasteiger partial charge >= 0.3 is 12.4 Å². The van der Waals surface area contributed by atoms with Crippen molar-refractivity contribution in [2.45, 2.75) is 24.7 Å². The van der Waals surface area contributed by atoms with Crippen LogP contribution in [0.1, 0.15) is 45.1 Å². The molecule has 0 N–H and O–H groups in total. The van der Waals surface area contributed by atoms with Gasteiger partial charge in [0.15, 0.2) is 11.4 Å². The van der Waals surface area contributed by atoms with Crippen molar-refractivity contribution in [2.75, 3.05) is 0 Å². The van der Waals surface area contributed by atoms with Crippen molar-refractivity contribution in [3.8, 4) is 0 Å². The van der Waals surface area contributed by atoms with Gasteiger partial charge in [0, 0.05) is 30.3 Å². The molecule has 0 bridgehead atoms. The molecule has 3 heterocycles. The van der Waals surface area contributed by atoms with Crippen LogP contribution in [0.5, 0.6) is 0 Å². The minimum absolute atomic E-state index is 0.0871. The molecule has 1 atom stereocenters. The third kappa shape index (κ3) is 4.69. The van der Waals surface area contributed by atoms with Gasteiger partial charge in [0.25, 0.3) is 0 Å². The number of rotatable bonds is 5. The summed E-state index contributed by atoms with van der Waals surface area (Å²) < 4.78 is 81.0. The van der Waals surface area contributed by atoms with Gasteiger partial charge in [-0.05, 0) is 52.4 Å². The Morgan fingerprint density at radius 2 is 1.67 bits per heavy atom. The van der Waals surface area contributed by atoms with Crippen LogP contribution in [0, 0.1) is 0 Å². The van der Waals surface area contributed by atoms with E-state index in [-0.39, 0.29) is 11.1 Å². The van der Waals surface area contributed by atoms with Crippen molar-refractivity contribution in [3.05, 3.63) is 88.9 Å². The van der Waals surface area contributed by atoms with Crippen LogP contribution < -0.4 is 0 Å². The SMILES string of the molecule is O=C(C[C@@H](c1ccc(C(F)(F)F)cc1)c1ncccc1C(F)(F)F)c1ccc2nnnn2c1. The van der Waals surface area contributed by atoms with Crippen molar-refractivity contribution in [1.29, 1.82) is 0 Å². The van der Waals surface area contributed by atoms with Crippen LogP contribution in [0.2, 0.25) is 0 Å². The maximum Gasteiger partial charge on any atom is 0.418 e. The van der Waals surface area contributed by atoms with Gasteiger partial charge in [-0.2, -0.15) is 30.9 Å². The summed E-state index contributed by atoms with van der Waals surface area (Å²) in [4.78, 5) is 16.8. The highest BCUT2D eigenvalue weighted by atomic mass is 19.4. The Morgan fingerprint density at radius 3 is 2.33 bits per heavy atom. The maximum atomic E-state index is 13.6. The number of ketones is 1. The van der Waals surface area contributed by atoms with Crippen LogP contribution in [-0.4, -0.2) is 30.8 Å². The third-order valence-corrected chi connectivity index (χ3v) is 5.02. The predicted molar refractivity (Wildman–Crippen MR) is 102 cm³/mol. The zero-order valence-corrected chi connectivity index (χ0v) is 16.5. The molecule has 0 aliphatic carbocycles. The Balaban J connectivity index is 1.77. The average Bonchev–Trinajstić information content (AvgIpc) is 3.24. The van der Waals surface area contributed by atoms with E-state index in [0.29, 0.717) is 5.65 Å². The van der Waals surface area contributed by atoms with Crippen LogP contribution in [-0.2, 0) is 12.4 Å². The summed E-state index contributed by atoms with van der Waals surface area (Å²) >= 11 is 0. The van der Waals surface area contributed by atoms with E-state index in [2.05, 4.69) is 20.5 Å². The predicted octanol–water partition coefficient (Wildman–Crippen LogP) is 4.96. The molecule has 4 rings (SSSR count). The number of hydrogen-bond acceptors (Lipinski definition) is 5. The standard InChI is InChI=1S/C21H13F6N5O/c22-20(23,24)14-6-3-12(4-7-14)15(19-16(21(25,26)27)2-1-9-28-19)10-17(33)13-5-8-18-29-30-31-32(18)11-13/h1-9,11,15H,10H2/t15-/m0/s1. The molecule has 4 aromatic rings. The fraction of sp³-hybridized carbons (Fsp3) is 0.190. The summed E-state index contributed by atoms with van der Waals surface area (Å²) in [6.07, 6.45) is -7.40. The quantitative estimate of drug-likeness (QED) is 0.308. The van der Waals surface area contributed by atoms with Gasteiger partial charge in [0.1, 0.15) is 0 Å². The number of carbonyl (C=O) groups excluding carboxylic acids is 1. The number of aromatic nitrogens is 5. The molecule has 0 aliphatic rings. The molecule has 12 heteroatoms. The van der Waals surface area contributed by atoms with E-state index in [1.807, 2.05) is 0 Å². The molecule has 0 saturated heterocycles. The van der Waals surface area contributed by atoms with Gasteiger partial charge in [0.2, 0.25) is 0 Å². The minimum Gasteiger partial charge on any atom is -0.294 e. The molecule has 0 unspecified atom stereocenters. The Labute approximate surface area is 181 Å². The lowest BCUT2D eigenvalue weighted by Gasteiger charge is -2.21. The first-order chi connectivity index (χ1) is 15.5. The zero-order valence-electron chi connectivity index (χ0n) is 16.5. The van der Waals surface area contributed by atoms with Crippen LogP contribution in [0.25, 0.3) is 5.65 Å². The van der Waals surface area contributed by atoms with Crippen molar-refractivity contribution < 1.29 is 31.1 Å². The number of fused-ring (bicyclic) bond motifs is 1. The molecule has 0 amide bonds. The van der Waals surface area contributed by atoms with Gasteiger partial charge < -0.3 is 0 Å². The van der Waals surface area contributed by atoms with Crippen LogP contribution >= 0.6 is 0 Å². The number of carbonyl (C=O) groups is 1. The highest BCUT2D eigenvalue weighted by Gasteiger charge is 2.37. The number of alkyl halides is 6. The van der Waals surface area contributed by atoms with Gasteiger partial charge in [-0.3, -0.25) is 9.78 Å². The van der Waals surface area contributed by atoms with E-state index in [4.69, 9.17) is 0 Å². The molecule has 0 aliphatic heterocycles. The zero-order chi connectivity index (χ0) is 23.8. The van der Waals surface area contributed by atoms with E-state index < -0.39 is 47.3 Å². The molecule has 6 nitrogen and oxygen atoms in total. The van der Waals surface area contributed by atoms with E-state index in [9.17, 15) is 31.1 Å². The monoisotopic (exact) mass is 465 g/mol. The van der Waals surface area contributed by atoms with Crippen LogP contribution in [0.4, 0.5) is 26.3 Å². The molecule has 1 aromatic carbocycles. The molecule has 0 spiro atoms. The fourth-order valence-electron chi connectivity index (χ4n) is 3.42. The third-order valence-electron chi connectivity index (χ3n) is 5.02. The van der Waals surface area contributed by atoms with Crippen molar-refractivity contribution in [3.63, 3.8) is 0 Å². The Morgan fingerprint density at radius 1 is 0.939 bits per heavy atom. The summed E-state index contributed by atoms with van der Waals surface area (Å²) in [6, 6.07) is 8.43. The molecule has 3 aromatic heterocycles. The summed E-state index contributed by atoms with van der Waals surface area (Å²) in [6.45, 7) is 0. The summed E-state index contributed by atoms with van der Waals surface area (Å²) in [5, 5.41) is 10.8. The average molecular weight is 465 g/mol. The number of Topliss-reactive ketones (excluding diaryl/α,β-unsaturated/α-hetero) is 1. The number of halogens is 6. The first kappa shape index (κ1) is 22.4. The molecule has 170 valence electrons. The van der Waals surface area contributed by atoms with E-state index >= 15 is 0 Å². The first-order valence-electron chi connectivity index (χ1n) is 9.44. The highest BCUT2D eigenvalue weighted by Crippen LogP contribution is 2.39. The molecule has 0 radical (unpaired) electrons. The number of benzene rings is 1. The summed E-state index contributed by atoms with van der Waals surface area (Å²) in [5.41, 5.74) is -1.92.